The normalized spacial score (nSPS) is 16.5. The second kappa shape index (κ2) is 6.55. The summed E-state index contributed by atoms with van der Waals surface area (Å²) in [6.45, 7) is 0. The van der Waals surface area contributed by atoms with Gasteiger partial charge in [0.1, 0.15) is 5.82 Å². The van der Waals surface area contributed by atoms with Crippen LogP contribution in [-0.4, -0.2) is 24.2 Å². The van der Waals surface area contributed by atoms with Crippen molar-refractivity contribution in [3.63, 3.8) is 0 Å². The number of hydrogen-bond donors (Lipinski definition) is 1. The summed E-state index contributed by atoms with van der Waals surface area (Å²) in [5, 5.41) is 8.73. The smallest absolute Gasteiger partial charge is 0.328 e. The minimum absolute atomic E-state index is 0.351. The molecular weight excluding hydrogens is 257 g/mol. The zero-order valence-electron chi connectivity index (χ0n) is 11.7. The third kappa shape index (κ3) is 3.59. The third-order valence-electron chi connectivity index (χ3n) is 3.90. The summed E-state index contributed by atoms with van der Waals surface area (Å²) in [6, 6.07) is 4.98. The van der Waals surface area contributed by atoms with E-state index in [2.05, 4.69) is 4.90 Å². The maximum Gasteiger partial charge on any atom is 0.328 e. The third-order valence-corrected chi connectivity index (χ3v) is 3.90. The van der Waals surface area contributed by atoms with E-state index in [0.29, 0.717) is 11.6 Å². The summed E-state index contributed by atoms with van der Waals surface area (Å²) in [4.78, 5) is 12.8. The first-order valence-electron chi connectivity index (χ1n) is 7.01. The summed E-state index contributed by atoms with van der Waals surface area (Å²) >= 11 is 0. The van der Waals surface area contributed by atoms with Crippen LogP contribution in [-0.2, 0) is 4.79 Å². The van der Waals surface area contributed by atoms with Crippen molar-refractivity contribution in [1.82, 2.24) is 0 Å². The van der Waals surface area contributed by atoms with Crippen molar-refractivity contribution in [3.05, 3.63) is 35.7 Å². The maximum atomic E-state index is 13.4. The number of benzene rings is 1. The maximum absolute atomic E-state index is 13.4. The minimum Gasteiger partial charge on any atom is -0.478 e. The molecule has 0 radical (unpaired) electrons. The zero-order chi connectivity index (χ0) is 14.5. The molecular formula is C16H20FNO2. The van der Waals surface area contributed by atoms with E-state index in [9.17, 15) is 9.18 Å². The Morgan fingerprint density at radius 2 is 2.05 bits per heavy atom. The lowest BCUT2D eigenvalue weighted by Gasteiger charge is -2.34. The van der Waals surface area contributed by atoms with Gasteiger partial charge in [-0.15, -0.1) is 0 Å². The van der Waals surface area contributed by atoms with Crippen LogP contribution in [0.15, 0.2) is 24.3 Å². The topological polar surface area (TPSA) is 40.5 Å². The van der Waals surface area contributed by atoms with Crippen LogP contribution in [0.4, 0.5) is 10.1 Å². The average molecular weight is 277 g/mol. The quantitative estimate of drug-likeness (QED) is 0.853. The fourth-order valence-corrected chi connectivity index (χ4v) is 2.81. The summed E-state index contributed by atoms with van der Waals surface area (Å²) in [6.07, 6.45) is 8.49. The molecule has 1 aromatic carbocycles. The van der Waals surface area contributed by atoms with E-state index in [0.717, 1.165) is 24.6 Å². The van der Waals surface area contributed by atoms with Gasteiger partial charge in [0.2, 0.25) is 0 Å². The Balaban J connectivity index is 2.27. The van der Waals surface area contributed by atoms with Crippen LogP contribution in [0.3, 0.4) is 0 Å². The molecule has 0 bridgehead atoms. The lowest BCUT2D eigenvalue weighted by molar-refractivity contribution is -0.131. The van der Waals surface area contributed by atoms with Gasteiger partial charge < -0.3 is 10.0 Å². The number of aliphatic carboxylic acids is 1. The summed E-state index contributed by atoms with van der Waals surface area (Å²) in [7, 11) is 2.00. The number of anilines is 1. The van der Waals surface area contributed by atoms with Crippen molar-refractivity contribution in [1.29, 1.82) is 0 Å². The highest BCUT2D eigenvalue weighted by Crippen LogP contribution is 2.29. The van der Waals surface area contributed by atoms with E-state index in [1.54, 1.807) is 6.07 Å². The first-order chi connectivity index (χ1) is 9.58. The Labute approximate surface area is 118 Å². The molecule has 0 spiro atoms. The predicted octanol–water partition coefficient (Wildman–Crippen LogP) is 3.69. The van der Waals surface area contributed by atoms with Crippen LogP contribution < -0.4 is 4.90 Å². The fraction of sp³-hybridized carbons (Fsp3) is 0.438. The minimum atomic E-state index is -1.03. The second-order valence-corrected chi connectivity index (χ2v) is 5.28. The van der Waals surface area contributed by atoms with Crippen molar-refractivity contribution < 1.29 is 14.3 Å². The van der Waals surface area contributed by atoms with E-state index in [1.807, 2.05) is 7.05 Å². The molecule has 4 heteroatoms. The summed E-state index contributed by atoms with van der Waals surface area (Å²) in [5.74, 6) is -1.38. The molecule has 0 aliphatic heterocycles. The molecule has 0 aromatic heterocycles. The molecule has 2 rings (SSSR count). The molecule has 1 saturated carbocycles. The first kappa shape index (κ1) is 14.6. The molecule has 0 heterocycles. The van der Waals surface area contributed by atoms with Gasteiger partial charge in [0.15, 0.2) is 0 Å². The van der Waals surface area contributed by atoms with Crippen molar-refractivity contribution in [2.75, 3.05) is 11.9 Å². The van der Waals surface area contributed by atoms with Gasteiger partial charge in [0, 0.05) is 30.4 Å². The Morgan fingerprint density at radius 1 is 1.35 bits per heavy atom. The zero-order valence-corrected chi connectivity index (χ0v) is 11.7. The van der Waals surface area contributed by atoms with Gasteiger partial charge in [-0.05, 0) is 37.1 Å². The monoisotopic (exact) mass is 277 g/mol. The Hall–Kier alpha value is -1.84. The molecule has 1 aliphatic rings. The van der Waals surface area contributed by atoms with Gasteiger partial charge in [-0.25, -0.2) is 9.18 Å². The number of nitrogens with zero attached hydrogens (tertiary/aromatic N) is 1. The van der Waals surface area contributed by atoms with Crippen molar-refractivity contribution in [2.24, 2.45) is 0 Å². The van der Waals surface area contributed by atoms with Gasteiger partial charge in [-0.1, -0.05) is 19.3 Å². The Kier molecular flexibility index (Phi) is 4.77. The molecule has 1 fully saturated rings. The van der Waals surface area contributed by atoms with Crippen LogP contribution in [0.2, 0.25) is 0 Å². The van der Waals surface area contributed by atoms with Gasteiger partial charge in [0.05, 0.1) is 0 Å². The predicted molar refractivity (Wildman–Crippen MR) is 78.3 cm³/mol. The number of carboxylic acid groups (broad SMARTS) is 1. The molecule has 108 valence electrons. The van der Waals surface area contributed by atoms with Gasteiger partial charge in [-0.3, -0.25) is 0 Å². The molecule has 20 heavy (non-hydrogen) atoms. The second-order valence-electron chi connectivity index (χ2n) is 5.28. The molecule has 0 saturated heterocycles. The molecule has 0 amide bonds. The largest absolute Gasteiger partial charge is 0.478 e. The van der Waals surface area contributed by atoms with Crippen LogP contribution in [0.25, 0.3) is 6.08 Å². The number of carbonyl (C=O) groups is 1. The van der Waals surface area contributed by atoms with Crippen LogP contribution in [0.5, 0.6) is 0 Å². The van der Waals surface area contributed by atoms with Crippen molar-refractivity contribution in [3.8, 4) is 0 Å². The highest BCUT2D eigenvalue weighted by Gasteiger charge is 2.19. The first-order valence-corrected chi connectivity index (χ1v) is 7.01. The fourth-order valence-electron chi connectivity index (χ4n) is 2.81. The lowest BCUT2D eigenvalue weighted by atomic mass is 9.93. The van der Waals surface area contributed by atoms with E-state index in [1.165, 1.54) is 37.5 Å². The number of carboxylic acids is 1. The molecule has 1 aromatic rings. The van der Waals surface area contributed by atoms with E-state index in [-0.39, 0.29) is 5.82 Å². The summed E-state index contributed by atoms with van der Waals surface area (Å²) in [5.41, 5.74) is 1.50. The standard InChI is InChI=1S/C16H20FNO2/c1-18(14-5-3-2-4-6-14)15-9-8-13(17)11-12(15)7-10-16(19)20/h7-11,14H,2-6H2,1H3,(H,19,20)/b10-7+. The van der Waals surface area contributed by atoms with E-state index < -0.39 is 5.97 Å². The Bertz CT molecular complexity index is 507. The van der Waals surface area contributed by atoms with Crippen molar-refractivity contribution >= 4 is 17.7 Å². The molecule has 3 nitrogen and oxygen atoms in total. The summed E-state index contributed by atoms with van der Waals surface area (Å²) < 4.78 is 13.4. The average Bonchev–Trinajstić information content (AvgIpc) is 2.45. The van der Waals surface area contributed by atoms with Crippen LogP contribution >= 0.6 is 0 Å². The number of halogens is 1. The van der Waals surface area contributed by atoms with Gasteiger partial charge in [-0.2, -0.15) is 0 Å². The molecule has 1 aliphatic carbocycles. The number of hydrogen-bond acceptors (Lipinski definition) is 2. The van der Waals surface area contributed by atoms with E-state index >= 15 is 0 Å². The highest BCUT2D eigenvalue weighted by atomic mass is 19.1. The highest BCUT2D eigenvalue weighted by molar-refractivity contribution is 5.87. The van der Waals surface area contributed by atoms with Gasteiger partial charge >= 0.3 is 5.97 Å². The van der Waals surface area contributed by atoms with Crippen LogP contribution in [0.1, 0.15) is 37.7 Å². The van der Waals surface area contributed by atoms with E-state index in [4.69, 9.17) is 5.11 Å². The molecule has 0 unspecified atom stereocenters. The molecule has 1 N–H and O–H groups in total. The Morgan fingerprint density at radius 3 is 2.70 bits per heavy atom. The van der Waals surface area contributed by atoms with Gasteiger partial charge in [0.25, 0.3) is 0 Å². The number of rotatable bonds is 4. The SMILES string of the molecule is CN(c1ccc(F)cc1/C=C/C(=O)O)C1CCCCC1. The lowest BCUT2D eigenvalue weighted by Crippen LogP contribution is -2.33. The van der Waals surface area contributed by atoms with Crippen LogP contribution in [0, 0.1) is 5.82 Å². The molecule has 0 atom stereocenters. The van der Waals surface area contributed by atoms with Crippen molar-refractivity contribution in [2.45, 2.75) is 38.1 Å².